The van der Waals surface area contributed by atoms with Gasteiger partial charge in [0.1, 0.15) is 0 Å². The van der Waals surface area contributed by atoms with Crippen LogP contribution in [0.5, 0.6) is 0 Å². The number of rotatable bonds is 7. The first-order valence-corrected chi connectivity index (χ1v) is 8.22. The van der Waals surface area contributed by atoms with Crippen molar-refractivity contribution in [2.24, 2.45) is 0 Å². The van der Waals surface area contributed by atoms with E-state index in [0.29, 0.717) is 24.4 Å². The van der Waals surface area contributed by atoms with E-state index in [1.54, 1.807) is 0 Å². The maximum absolute atomic E-state index is 12.5. The molecule has 128 valence electrons. The molecule has 1 aliphatic rings. The molecule has 0 saturated carbocycles. The molecular formula is C18H27ClN2O2. The van der Waals surface area contributed by atoms with Crippen molar-refractivity contribution < 1.29 is 9.59 Å². The van der Waals surface area contributed by atoms with Crippen molar-refractivity contribution in [2.45, 2.75) is 45.6 Å². The molecule has 1 amide bonds. The molecule has 5 heteroatoms. The minimum absolute atomic E-state index is 0. The topological polar surface area (TPSA) is 49.4 Å². The summed E-state index contributed by atoms with van der Waals surface area (Å²) in [5.74, 6) is 0.158. The van der Waals surface area contributed by atoms with Gasteiger partial charge in [0.15, 0.2) is 5.78 Å². The predicted octanol–water partition coefficient (Wildman–Crippen LogP) is 2.98. The van der Waals surface area contributed by atoms with Gasteiger partial charge in [-0.3, -0.25) is 9.59 Å². The lowest BCUT2D eigenvalue weighted by Gasteiger charge is -2.28. The van der Waals surface area contributed by atoms with E-state index in [4.69, 9.17) is 0 Å². The van der Waals surface area contributed by atoms with Crippen LogP contribution in [0.3, 0.4) is 0 Å². The summed E-state index contributed by atoms with van der Waals surface area (Å²) in [6.45, 7) is 6.71. The molecule has 1 aliphatic heterocycles. The molecule has 1 aromatic rings. The Morgan fingerprint density at radius 3 is 2.48 bits per heavy atom. The van der Waals surface area contributed by atoms with E-state index in [9.17, 15) is 9.59 Å². The Morgan fingerprint density at radius 2 is 1.91 bits per heavy atom. The number of nitrogens with one attached hydrogen (secondary N) is 1. The minimum Gasteiger partial charge on any atom is -0.338 e. The van der Waals surface area contributed by atoms with E-state index >= 15 is 0 Å². The van der Waals surface area contributed by atoms with E-state index < -0.39 is 0 Å². The van der Waals surface area contributed by atoms with Gasteiger partial charge in [-0.2, -0.15) is 0 Å². The third-order valence-electron chi connectivity index (χ3n) is 4.20. The van der Waals surface area contributed by atoms with Gasteiger partial charge in [0.25, 0.3) is 0 Å². The first-order valence-electron chi connectivity index (χ1n) is 8.22. The molecule has 0 bridgehead atoms. The molecule has 2 rings (SSSR count). The van der Waals surface area contributed by atoms with Crippen LogP contribution in [-0.4, -0.2) is 42.3 Å². The molecule has 1 N–H and O–H groups in total. The Kier molecular flexibility index (Phi) is 8.28. The predicted molar refractivity (Wildman–Crippen MR) is 95.3 cm³/mol. The third-order valence-corrected chi connectivity index (χ3v) is 4.20. The van der Waals surface area contributed by atoms with E-state index in [0.717, 1.165) is 38.0 Å². The van der Waals surface area contributed by atoms with Crippen LogP contribution < -0.4 is 5.32 Å². The fraction of sp³-hybridized carbons (Fsp3) is 0.556. The number of ketones is 1. The Balaban J connectivity index is 0.00000264. The lowest BCUT2D eigenvalue weighted by molar-refractivity contribution is -0.133. The average molecular weight is 339 g/mol. The summed E-state index contributed by atoms with van der Waals surface area (Å²) >= 11 is 0. The number of amides is 1. The highest BCUT2D eigenvalue weighted by molar-refractivity contribution is 5.98. The summed E-state index contributed by atoms with van der Waals surface area (Å²) in [6.07, 6.45) is 2.57. The molecule has 1 aromatic carbocycles. The van der Waals surface area contributed by atoms with Gasteiger partial charge in [-0.25, -0.2) is 0 Å². The van der Waals surface area contributed by atoms with Crippen molar-refractivity contribution in [3.05, 3.63) is 35.4 Å². The molecule has 0 aromatic heterocycles. The number of hydrogen-bond donors (Lipinski definition) is 1. The van der Waals surface area contributed by atoms with Gasteiger partial charge in [0.2, 0.25) is 5.91 Å². The summed E-state index contributed by atoms with van der Waals surface area (Å²) in [6, 6.07) is 7.84. The van der Waals surface area contributed by atoms with Crippen LogP contribution in [0.1, 0.15) is 48.5 Å². The average Bonchev–Trinajstić information content (AvgIpc) is 3.04. The van der Waals surface area contributed by atoms with E-state index in [1.807, 2.05) is 36.1 Å². The first-order chi connectivity index (χ1) is 10.6. The zero-order valence-electron chi connectivity index (χ0n) is 14.0. The number of hydrogen-bond acceptors (Lipinski definition) is 3. The SMILES string of the molecule is CCCN(C(=O)CCC(=O)c1ccc(C)cc1)C1CCNC1.Cl. The number of carbonyl (C=O) groups is 2. The van der Waals surface area contributed by atoms with Gasteiger partial charge in [-0.1, -0.05) is 36.8 Å². The molecule has 0 spiro atoms. The number of Topliss-reactive ketones (excluding diaryl/α,β-unsaturated/α-hetero) is 1. The van der Waals surface area contributed by atoms with Crippen LogP contribution in [0.25, 0.3) is 0 Å². The van der Waals surface area contributed by atoms with Crippen LogP contribution in [-0.2, 0) is 4.79 Å². The summed E-state index contributed by atoms with van der Waals surface area (Å²) in [7, 11) is 0. The number of halogens is 1. The molecule has 1 saturated heterocycles. The first kappa shape index (κ1) is 19.7. The lowest BCUT2D eigenvalue weighted by atomic mass is 10.0. The van der Waals surface area contributed by atoms with Gasteiger partial charge in [-0.15, -0.1) is 12.4 Å². The second-order valence-corrected chi connectivity index (χ2v) is 6.02. The Labute approximate surface area is 145 Å². The lowest BCUT2D eigenvalue weighted by Crippen LogP contribution is -2.42. The largest absolute Gasteiger partial charge is 0.338 e. The van der Waals surface area contributed by atoms with Crippen molar-refractivity contribution in [3.63, 3.8) is 0 Å². The van der Waals surface area contributed by atoms with Gasteiger partial charge < -0.3 is 10.2 Å². The number of carbonyl (C=O) groups excluding carboxylic acids is 2. The van der Waals surface area contributed by atoms with Crippen LogP contribution in [0, 0.1) is 6.92 Å². The highest BCUT2D eigenvalue weighted by atomic mass is 35.5. The highest BCUT2D eigenvalue weighted by Gasteiger charge is 2.25. The van der Waals surface area contributed by atoms with Gasteiger partial charge in [0.05, 0.1) is 0 Å². The van der Waals surface area contributed by atoms with Crippen LogP contribution in [0.2, 0.25) is 0 Å². The highest BCUT2D eigenvalue weighted by Crippen LogP contribution is 2.14. The van der Waals surface area contributed by atoms with Crippen molar-refractivity contribution in [3.8, 4) is 0 Å². The normalized spacial score (nSPS) is 16.7. The molecular weight excluding hydrogens is 312 g/mol. The zero-order valence-corrected chi connectivity index (χ0v) is 14.8. The summed E-state index contributed by atoms with van der Waals surface area (Å²) in [4.78, 5) is 26.6. The molecule has 1 unspecified atom stereocenters. The van der Waals surface area contributed by atoms with Crippen LogP contribution >= 0.6 is 12.4 Å². The maximum Gasteiger partial charge on any atom is 0.223 e. The number of nitrogens with zero attached hydrogens (tertiary/aromatic N) is 1. The Hall–Kier alpha value is -1.39. The molecule has 4 nitrogen and oxygen atoms in total. The van der Waals surface area contributed by atoms with Crippen molar-refractivity contribution in [2.75, 3.05) is 19.6 Å². The smallest absolute Gasteiger partial charge is 0.223 e. The van der Waals surface area contributed by atoms with Crippen molar-refractivity contribution in [1.29, 1.82) is 0 Å². The van der Waals surface area contributed by atoms with Crippen LogP contribution in [0.4, 0.5) is 0 Å². The molecule has 1 atom stereocenters. The standard InChI is InChI=1S/C18H26N2O2.ClH/c1-3-12-20(16-10-11-19-13-16)18(22)9-8-17(21)15-6-4-14(2)5-7-15;/h4-7,16,19H,3,8-13H2,1-2H3;1H. The maximum atomic E-state index is 12.5. The monoisotopic (exact) mass is 338 g/mol. The molecule has 23 heavy (non-hydrogen) atoms. The van der Waals surface area contributed by atoms with Gasteiger partial charge in [0, 0.05) is 37.5 Å². The fourth-order valence-corrected chi connectivity index (χ4v) is 2.91. The molecule has 1 fully saturated rings. The Bertz CT molecular complexity index is 510. The second-order valence-electron chi connectivity index (χ2n) is 6.02. The summed E-state index contributed by atoms with van der Waals surface area (Å²) in [5, 5.41) is 3.30. The van der Waals surface area contributed by atoms with E-state index in [-0.39, 0.29) is 24.1 Å². The quantitative estimate of drug-likeness (QED) is 0.777. The third kappa shape index (κ3) is 5.63. The Morgan fingerprint density at radius 1 is 1.22 bits per heavy atom. The fourth-order valence-electron chi connectivity index (χ4n) is 2.91. The molecule has 0 aliphatic carbocycles. The zero-order chi connectivity index (χ0) is 15.9. The van der Waals surface area contributed by atoms with Gasteiger partial charge in [-0.05, 0) is 26.3 Å². The van der Waals surface area contributed by atoms with Crippen LogP contribution in [0.15, 0.2) is 24.3 Å². The molecule has 1 heterocycles. The summed E-state index contributed by atoms with van der Waals surface area (Å²) in [5.41, 5.74) is 1.83. The molecule has 0 radical (unpaired) electrons. The van der Waals surface area contributed by atoms with Gasteiger partial charge >= 0.3 is 0 Å². The number of aryl methyl sites for hydroxylation is 1. The minimum atomic E-state index is 0. The second kappa shape index (κ2) is 9.68. The van der Waals surface area contributed by atoms with E-state index in [2.05, 4.69) is 12.2 Å². The van der Waals surface area contributed by atoms with Crippen molar-refractivity contribution in [1.82, 2.24) is 10.2 Å². The van der Waals surface area contributed by atoms with E-state index in [1.165, 1.54) is 0 Å². The summed E-state index contributed by atoms with van der Waals surface area (Å²) < 4.78 is 0. The number of benzene rings is 1. The van der Waals surface area contributed by atoms with Crippen molar-refractivity contribution >= 4 is 24.1 Å².